The molecule has 1 saturated heterocycles. The third kappa shape index (κ3) is 4.97. The van der Waals surface area contributed by atoms with E-state index in [-0.39, 0.29) is 0 Å². The molecule has 0 spiro atoms. The summed E-state index contributed by atoms with van der Waals surface area (Å²) in [5.74, 6) is 0.999. The molecule has 0 saturated carbocycles. The Morgan fingerprint density at radius 1 is 1.08 bits per heavy atom. The number of rotatable bonds is 6. The Balaban J connectivity index is 1.72. The fourth-order valence-electron chi connectivity index (χ4n) is 3.33. The summed E-state index contributed by atoms with van der Waals surface area (Å²) in [6.07, 6.45) is 0.787. The molecule has 25 heavy (non-hydrogen) atoms. The zero-order valence-electron chi connectivity index (χ0n) is 15.1. The van der Waals surface area contributed by atoms with E-state index in [1.165, 1.54) is 16.7 Å². The van der Waals surface area contributed by atoms with Gasteiger partial charge in [0.05, 0.1) is 13.2 Å². The molecule has 2 aromatic rings. The van der Waals surface area contributed by atoms with Crippen LogP contribution >= 0.6 is 11.6 Å². The highest BCUT2D eigenvalue weighted by molar-refractivity contribution is 6.31. The number of nitrogens with zero attached hydrogens (tertiary/aromatic N) is 1. The fraction of sp³-hybridized carbons (Fsp3) is 0.429. The Bertz CT molecular complexity index is 711. The van der Waals surface area contributed by atoms with Crippen LogP contribution in [0.15, 0.2) is 36.4 Å². The van der Waals surface area contributed by atoms with Crippen LogP contribution in [0.4, 0.5) is 0 Å². The smallest absolute Gasteiger partial charge is 0.125 e. The molecule has 0 bridgehead atoms. The van der Waals surface area contributed by atoms with Gasteiger partial charge in [-0.15, -0.1) is 0 Å². The molecule has 1 heterocycles. The van der Waals surface area contributed by atoms with Gasteiger partial charge in [-0.2, -0.15) is 0 Å². The highest BCUT2D eigenvalue weighted by atomic mass is 35.5. The van der Waals surface area contributed by atoms with Crippen molar-refractivity contribution in [3.8, 4) is 5.75 Å². The minimum atomic E-state index is 0.694. The largest absolute Gasteiger partial charge is 0.492 e. The monoisotopic (exact) mass is 359 g/mol. The maximum Gasteiger partial charge on any atom is 0.125 e. The van der Waals surface area contributed by atoms with Crippen LogP contribution in [-0.4, -0.2) is 44.4 Å². The van der Waals surface area contributed by atoms with Gasteiger partial charge in [-0.05, 0) is 36.6 Å². The van der Waals surface area contributed by atoms with Crippen molar-refractivity contribution in [2.45, 2.75) is 20.3 Å². The molecule has 4 heteroatoms. The first-order chi connectivity index (χ1) is 12.1. The van der Waals surface area contributed by atoms with E-state index in [4.69, 9.17) is 21.1 Å². The van der Waals surface area contributed by atoms with Gasteiger partial charge in [-0.25, -0.2) is 0 Å². The van der Waals surface area contributed by atoms with Gasteiger partial charge in [0.25, 0.3) is 0 Å². The van der Waals surface area contributed by atoms with Crippen LogP contribution < -0.4 is 4.74 Å². The van der Waals surface area contributed by atoms with E-state index >= 15 is 0 Å². The number of halogens is 1. The third-order valence-electron chi connectivity index (χ3n) is 4.59. The minimum Gasteiger partial charge on any atom is -0.492 e. The maximum absolute atomic E-state index is 6.35. The average molecular weight is 360 g/mol. The van der Waals surface area contributed by atoms with E-state index in [1.807, 2.05) is 18.2 Å². The van der Waals surface area contributed by atoms with Gasteiger partial charge in [-0.1, -0.05) is 47.5 Å². The second-order valence-electron chi connectivity index (χ2n) is 6.64. The molecule has 0 atom stereocenters. The molecule has 2 aromatic carbocycles. The lowest BCUT2D eigenvalue weighted by atomic mass is 9.99. The molecule has 1 aliphatic heterocycles. The molecule has 1 fully saturated rings. The van der Waals surface area contributed by atoms with Crippen molar-refractivity contribution in [2.24, 2.45) is 0 Å². The van der Waals surface area contributed by atoms with Crippen molar-refractivity contribution in [3.63, 3.8) is 0 Å². The summed E-state index contributed by atoms with van der Waals surface area (Å²) < 4.78 is 11.6. The van der Waals surface area contributed by atoms with Crippen LogP contribution in [0.25, 0.3) is 0 Å². The normalized spacial score (nSPS) is 15.3. The van der Waals surface area contributed by atoms with Crippen molar-refractivity contribution < 1.29 is 9.47 Å². The Morgan fingerprint density at radius 3 is 2.60 bits per heavy atom. The van der Waals surface area contributed by atoms with Gasteiger partial charge in [0.1, 0.15) is 12.4 Å². The second kappa shape index (κ2) is 8.70. The maximum atomic E-state index is 6.35. The molecular formula is C21H26ClNO2. The predicted octanol–water partition coefficient (Wildman–Crippen LogP) is 4.26. The highest BCUT2D eigenvalue weighted by Crippen LogP contribution is 2.29. The van der Waals surface area contributed by atoms with Gasteiger partial charge < -0.3 is 9.47 Å². The molecule has 0 radical (unpaired) electrons. The summed E-state index contributed by atoms with van der Waals surface area (Å²) in [6.45, 7) is 9.49. The first kappa shape index (κ1) is 18.2. The zero-order valence-corrected chi connectivity index (χ0v) is 15.8. The van der Waals surface area contributed by atoms with Crippen LogP contribution in [0, 0.1) is 13.8 Å². The van der Waals surface area contributed by atoms with Crippen LogP contribution in [-0.2, 0) is 11.2 Å². The van der Waals surface area contributed by atoms with E-state index in [1.54, 1.807) is 0 Å². The Labute approximate surface area is 155 Å². The summed E-state index contributed by atoms with van der Waals surface area (Å²) in [4.78, 5) is 2.39. The van der Waals surface area contributed by atoms with E-state index in [2.05, 4.69) is 36.9 Å². The first-order valence-electron chi connectivity index (χ1n) is 8.90. The summed E-state index contributed by atoms with van der Waals surface area (Å²) in [5.41, 5.74) is 4.77. The molecule has 3 nitrogen and oxygen atoms in total. The first-order valence-corrected chi connectivity index (χ1v) is 9.27. The Kier molecular flexibility index (Phi) is 6.35. The quantitative estimate of drug-likeness (QED) is 0.769. The van der Waals surface area contributed by atoms with E-state index in [0.717, 1.165) is 55.6 Å². The number of morpholine rings is 1. The SMILES string of the molecule is Cc1cc(C)c(OCCN2CCOCC2)c(Cc2ccccc2Cl)c1. The second-order valence-corrected chi connectivity index (χ2v) is 7.05. The predicted molar refractivity (Wildman–Crippen MR) is 103 cm³/mol. The lowest BCUT2D eigenvalue weighted by Gasteiger charge is -2.26. The molecule has 3 rings (SSSR count). The number of benzene rings is 2. The summed E-state index contributed by atoms with van der Waals surface area (Å²) >= 11 is 6.35. The molecule has 0 N–H and O–H groups in total. The van der Waals surface area contributed by atoms with Crippen molar-refractivity contribution in [2.75, 3.05) is 39.5 Å². The molecule has 0 aromatic heterocycles. The minimum absolute atomic E-state index is 0.694. The van der Waals surface area contributed by atoms with Crippen LogP contribution in [0.3, 0.4) is 0 Å². The highest BCUT2D eigenvalue weighted by Gasteiger charge is 2.13. The zero-order chi connectivity index (χ0) is 17.6. The summed E-state index contributed by atoms with van der Waals surface area (Å²) in [7, 11) is 0. The van der Waals surface area contributed by atoms with Gasteiger partial charge >= 0.3 is 0 Å². The molecular weight excluding hydrogens is 334 g/mol. The molecule has 0 amide bonds. The van der Waals surface area contributed by atoms with Crippen molar-refractivity contribution in [1.82, 2.24) is 4.90 Å². The molecule has 1 aliphatic rings. The third-order valence-corrected chi connectivity index (χ3v) is 4.96. The Morgan fingerprint density at radius 2 is 1.84 bits per heavy atom. The number of ether oxygens (including phenoxy) is 2. The molecule has 134 valence electrons. The Hall–Kier alpha value is -1.55. The number of hydrogen-bond acceptors (Lipinski definition) is 3. The number of aryl methyl sites for hydroxylation is 2. The molecule has 0 aliphatic carbocycles. The van der Waals surface area contributed by atoms with Gasteiger partial charge in [0.2, 0.25) is 0 Å². The van der Waals surface area contributed by atoms with E-state index in [9.17, 15) is 0 Å². The van der Waals surface area contributed by atoms with Gasteiger partial charge in [0, 0.05) is 31.1 Å². The van der Waals surface area contributed by atoms with E-state index in [0.29, 0.717) is 6.61 Å². The van der Waals surface area contributed by atoms with Gasteiger partial charge in [-0.3, -0.25) is 4.90 Å². The number of hydrogen-bond donors (Lipinski definition) is 0. The van der Waals surface area contributed by atoms with E-state index < -0.39 is 0 Å². The van der Waals surface area contributed by atoms with Gasteiger partial charge in [0.15, 0.2) is 0 Å². The lowest BCUT2D eigenvalue weighted by Crippen LogP contribution is -2.38. The van der Waals surface area contributed by atoms with Crippen LogP contribution in [0.1, 0.15) is 22.3 Å². The van der Waals surface area contributed by atoms with Crippen LogP contribution in [0.5, 0.6) is 5.75 Å². The standard InChI is InChI=1S/C21H26ClNO2/c1-16-13-17(2)21(25-12-9-23-7-10-24-11-8-23)19(14-16)15-18-5-3-4-6-20(18)22/h3-6,13-14H,7-12,15H2,1-2H3. The van der Waals surface area contributed by atoms with Crippen molar-refractivity contribution in [1.29, 1.82) is 0 Å². The summed E-state index contributed by atoms with van der Waals surface area (Å²) in [6, 6.07) is 12.4. The summed E-state index contributed by atoms with van der Waals surface area (Å²) in [5, 5.41) is 0.806. The van der Waals surface area contributed by atoms with Crippen molar-refractivity contribution in [3.05, 3.63) is 63.7 Å². The van der Waals surface area contributed by atoms with Crippen LogP contribution in [0.2, 0.25) is 5.02 Å². The topological polar surface area (TPSA) is 21.7 Å². The van der Waals surface area contributed by atoms with Crippen molar-refractivity contribution >= 4 is 11.6 Å². The fourth-order valence-corrected chi connectivity index (χ4v) is 3.53. The lowest BCUT2D eigenvalue weighted by molar-refractivity contribution is 0.0321. The average Bonchev–Trinajstić information content (AvgIpc) is 2.60. The molecule has 0 unspecified atom stereocenters.